The summed E-state index contributed by atoms with van der Waals surface area (Å²) in [5.74, 6) is -0.161. The Morgan fingerprint density at radius 3 is 2.50 bits per heavy atom. The molecule has 1 spiro atoms. The molecular formula is C15H18FNO. The maximum absolute atomic E-state index is 14.1. The minimum Gasteiger partial charge on any atom is -0.325 e. The van der Waals surface area contributed by atoms with Crippen LogP contribution >= 0.6 is 0 Å². The number of carbonyl (C=O) groups is 1. The van der Waals surface area contributed by atoms with E-state index in [1.54, 1.807) is 0 Å². The Kier molecular flexibility index (Phi) is 2.17. The van der Waals surface area contributed by atoms with Gasteiger partial charge in [0.05, 0.1) is 5.41 Å². The van der Waals surface area contributed by atoms with Crippen LogP contribution in [0.2, 0.25) is 0 Å². The second-order valence-electron chi connectivity index (χ2n) is 6.65. The minimum absolute atomic E-state index is 0.0675. The van der Waals surface area contributed by atoms with Crippen molar-refractivity contribution in [3.8, 4) is 0 Å². The molecule has 0 atom stereocenters. The van der Waals surface area contributed by atoms with Gasteiger partial charge in [-0.25, -0.2) is 4.39 Å². The van der Waals surface area contributed by atoms with Crippen molar-refractivity contribution in [3.05, 3.63) is 29.1 Å². The summed E-state index contributed by atoms with van der Waals surface area (Å²) in [5, 5.41) is 2.85. The van der Waals surface area contributed by atoms with Crippen LogP contribution in [-0.2, 0) is 16.6 Å². The lowest BCUT2D eigenvalue weighted by molar-refractivity contribution is -0.121. The van der Waals surface area contributed by atoms with Gasteiger partial charge in [0.15, 0.2) is 0 Å². The van der Waals surface area contributed by atoms with Crippen molar-refractivity contribution in [2.75, 3.05) is 5.32 Å². The molecule has 0 saturated heterocycles. The summed E-state index contributed by atoms with van der Waals surface area (Å²) in [6.07, 6.45) is 2.68. The molecule has 3 rings (SSSR count). The quantitative estimate of drug-likeness (QED) is 0.748. The zero-order valence-electron chi connectivity index (χ0n) is 11.1. The average Bonchev–Trinajstić information content (AvgIpc) is 2.99. The average molecular weight is 247 g/mol. The highest BCUT2D eigenvalue weighted by atomic mass is 19.1. The summed E-state index contributed by atoms with van der Waals surface area (Å²) in [6, 6.07) is 3.41. The lowest BCUT2D eigenvalue weighted by atomic mass is 9.82. The maximum atomic E-state index is 14.1. The third-order valence-corrected chi connectivity index (χ3v) is 4.11. The van der Waals surface area contributed by atoms with Crippen molar-refractivity contribution in [1.29, 1.82) is 0 Å². The van der Waals surface area contributed by atoms with Gasteiger partial charge in [-0.15, -0.1) is 0 Å². The molecule has 2 aliphatic rings. The van der Waals surface area contributed by atoms with E-state index in [4.69, 9.17) is 0 Å². The summed E-state index contributed by atoms with van der Waals surface area (Å²) in [7, 11) is 0. The smallest absolute Gasteiger partial charge is 0.230 e. The molecule has 1 heterocycles. The normalized spacial score (nSPS) is 20.6. The molecule has 2 nitrogen and oxygen atoms in total. The fourth-order valence-electron chi connectivity index (χ4n) is 2.71. The summed E-state index contributed by atoms with van der Waals surface area (Å²) < 4.78 is 14.1. The summed E-state index contributed by atoms with van der Waals surface area (Å²) in [6.45, 7) is 6.02. The standard InChI is InChI=1S/C15H18FNO/c1-14(2,3)10-6-9-8-15(4-5-15)13(18)17-12(9)7-11(10)16/h6-7H,4-5,8H2,1-3H3,(H,17,18). The van der Waals surface area contributed by atoms with E-state index in [0.717, 1.165) is 30.4 Å². The Hall–Kier alpha value is -1.38. The number of rotatable bonds is 0. The van der Waals surface area contributed by atoms with E-state index < -0.39 is 0 Å². The van der Waals surface area contributed by atoms with Crippen LogP contribution in [0.25, 0.3) is 0 Å². The van der Waals surface area contributed by atoms with Gasteiger partial charge in [-0.05, 0) is 41.9 Å². The molecule has 18 heavy (non-hydrogen) atoms. The van der Waals surface area contributed by atoms with Gasteiger partial charge >= 0.3 is 0 Å². The SMILES string of the molecule is CC(C)(C)c1cc2c(cc1F)NC(=O)C1(CC1)C2. The number of benzene rings is 1. The van der Waals surface area contributed by atoms with E-state index >= 15 is 0 Å². The van der Waals surface area contributed by atoms with Crippen molar-refractivity contribution in [3.63, 3.8) is 0 Å². The predicted molar refractivity (Wildman–Crippen MR) is 69.1 cm³/mol. The minimum atomic E-state index is -0.228. The van der Waals surface area contributed by atoms with E-state index in [1.807, 2.05) is 26.8 Å². The van der Waals surface area contributed by atoms with Crippen LogP contribution in [0.3, 0.4) is 0 Å². The molecule has 1 amide bonds. The highest BCUT2D eigenvalue weighted by molar-refractivity contribution is 6.00. The molecule has 1 aliphatic carbocycles. The fraction of sp³-hybridized carbons (Fsp3) is 0.533. The van der Waals surface area contributed by atoms with Crippen LogP contribution in [0.1, 0.15) is 44.7 Å². The number of amides is 1. The number of nitrogens with one attached hydrogen (secondary N) is 1. The maximum Gasteiger partial charge on any atom is 0.230 e. The number of carbonyl (C=O) groups excluding carboxylic acids is 1. The molecule has 3 heteroatoms. The van der Waals surface area contributed by atoms with Gasteiger partial charge < -0.3 is 5.32 Å². The van der Waals surface area contributed by atoms with Crippen molar-refractivity contribution in [2.24, 2.45) is 5.41 Å². The van der Waals surface area contributed by atoms with Crippen molar-refractivity contribution in [2.45, 2.75) is 45.4 Å². The Morgan fingerprint density at radius 1 is 1.28 bits per heavy atom. The van der Waals surface area contributed by atoms with Crippen LogP contribution in [0.15, 0.2) is 12.1 Å². The van der Waals surface area contributed by atoms with Gasteiger partial charge in [0.1, 0.15) is 5.82 Å². The first-order valence-corrected chi connectivity index (χ1v) is 6.46. The van der Waals surface area contributed by atoms with E-state index in [1.165, 1.54) is 6.07 Å². The van der Waals surface area contributed by atoms with Crippen LogP contribution in [0.5, 0.6) is 0 Å². The van der Waals surface area contributed by atoms with Crippen molar-refractivity contribution < 1.29 is 9.18 Å². The van der Waals surface area contributed by atoms with E-state index in [0.29, 0.717) is 5.69 Å². The Labute approximate surface area is 107 Å². The monoisotopic (exact) mass is 247 g/mol. The van der Waals surface area contributed by atoms with E-state index in [9.17, 15) is 9.18 Å². The van der Waals surface area contributed by atoms with Gasteiger partial charge in [-0.3, -0.25) is 4.79 Å². The molecule has 0 unspecified atom stereocenters. The van der Waals surface area contributed by atoms with Crippen LogP contribution < -0.4 is 5.32 Å². The van der Waals surface area contributed by atoms with Gasteiger partial charge in [0.25, 0.3) is 0 Å². The molecule has 1 N–H and O–H groups in total. The highest BCUT2D eigenvalue weighted by Gasteiger charge is 2.52. The molecule has 0 bridgehead atoms. The molecule has 1 aliphatic heterocycles. The first-order chi connectivity index (χ1) is 8.32. The molecule has 1 saturated carbocycles. The molecule has 1 aromatic rings. The molecular weight excluding hydrogens is 229 g/mol. The Morgan fingerprint density at radius 2 is 1.94 bits per heavy atom. The first kappa shape index (κ1) is 11.7. The predicted octanol–water partition coefficient (Wildman–Crippen LogP) is 3.40. The number of fused-ring (bicyclic) bond motifs is 1. The zero-order valence-corrected chi connectivity index (χ0v) is 11.1. The summed E-state index contributed by atoms with van der Waals surface area (Å²) in [5.41, 5.74) is 2.08. The van der Waals surface area contributed by atoms with Crippen LogP contribution in [0, 0.1) is 11.2 Å². The fourth-order valence-corrected chi connectivity index (χ4v) is 2.71. The number of halogens is 1. The van der Waals surface area contributed by atoms with Crippen LogP contribution in [0.4, 0.5) is 10.1 Å². The number of hydrogen-bond acceptors (Lipinski definition) is 1. The Bertz CT molecular complexity index is 538. The van der Waals surface area contributed by atoms with Crippen molar-refractivity contribution in [1.82, 2.24) is 0 Å². The van der Waals surface area contributed by atoms with Gasteiger partial charge in [0, 0.05) is 5.69 Å². The second kappa shape index (κ2) is 3.34. The van der Waals surface area contributed by atoms with Crippen molar-refractivity contribution >= 4 is 11.6 Å². The third-order valence-electron chi connectivity index (χ3n) is 4.11. The molecule has 1 aromatic carbocycles. The zero-order chi connectivity index (χ0) is 13.1. The van der Waals surface area contributed by atoms with E-state index in [2.05, 4.69) is 5.32 Å². The molecule has 1 fully saturated rings. The summed E-state index contributed by atoms with van der Waals surface area (Å²) >= 11 is 0. The number of anilines is 1. The summed E-state index contributed by atoms with van der Waals surface area (Å²) in [4.78, 5) is 11.9. The Balaban J connectivity index is 2.08. The largest absolute Gasteiger partial charge is 0.325 e. The molecule has 96 valence electrons. The van der Waals surface area contributed by atoms with Crippen LogP contribution in [-0.4, -0.2) is 5.91 Å². The number of hydrogen-bond donors (Lipinski definition) is 1. The first-order valence-electron chi connectivity index (χ1n) is 6.46. The highest BCUT2D eigenvalue weighted by Crippen LogP contribution is 2.52. The van der Waals surface area contributed by atoms with E-state index in [-0.39, 0.29) is 22.6 Å². The lowest BCUT2D eigenvalue weighted by Crippen LogP contribution is -2.32. The van der Waals surface area contributed by atoms with Gasteiger partial charge in [-0.2, -0.15) is 0 Å². The lowest BCUT2D eigenvalue weighted by Gasteiger charge is -2.28. The second-order valence-corrected chi connectivity index (χ2v) is 6.65. The topological polar surface area (TPSA) is 29.1 Å². The van der Waals surface area contributed by atoms with Gasteiger partial charge in [-0.1, -0.05) is 26.8 Å². The molecule has 0 radical (unpaired) electrons. The van der Waals surface area contributed by atoms with Gasteiger partial charge in [0.2, 0.25) is 5.91 Å². The molecule has 0 aromatic heterocycles. The third kappa shape index (κ3) is 1.64.